The van der Waals surface area contributed by atoms with Crippen molar-refractivity contribution in [3.05, 3.63) is 24.3 Å². The molecule has 0 amide bonds. The zero-order valence-corrected chi connectivity index (χ0v) is 29.2. The van der Waals surface area contributed by atoms with Gasteiger partial charge in [-0.2, -0.15) is 0 Å². The van der Waals surface area contributed by atoms with Gasteiger partial charge in [-0.05, 0) is 65.0 Å². The summed E-state index contributed by atoms with van der Waals surface area (Å²) >= 11 is 0. The van der Waals surface area contributed by atoms with Gasteiger partial charge >= 0.3 is 0 Å². The van der Waals surface area contributed by atoms with Crippen molar-refractivity contribution in [3.8, 4) is 11.5 Å². The predicted octanol–water partition coefficient (Wildman–Crippen LogP) is 9.59. The fourth-order valence-corrected chi connectivity index (χ4v) is 18.2. The van der Waals surface area contributed by atoms with Gasteiger partial charge in [-0.3, -0.25) is 0 Å². The Hall–Kier alpha value is -0.646. The summed E-state index contributed by atoms with van der Waals surface area (Å²) in [4.78, 5) is 0. The molecule has 0 aliphatic carbocycles. The van der Waals surface area contributed by atoms with Crippen LogP contribution in [0.25, 0.3) is 0 Å². The number of allylic oxidation sites excluding steroid dienone is 1. The zero-order chi connectivity index (χ0) is 29.3. The Morgan fingerprint density at radius 3 is 1.79 bits per heavy atom. The number of hydrogen-bond acceptors (Lipinski definition) is 3. The van der Waals surface area contributed by atoms with Crippen LogP contribution in [0.4, 0.5) is 0 Å². The van der Waals surface area contributed by atoms with E-state index in [2.05, 4.69) is 114 Å². The molecular formula is C33H62O3Si2. The highest BCUT2D eigenvalue weighted by atomic mass is 28.4. The van der Waals surface area contributed by atoms with Crippen LogP contribution in [0.15, 0.2) is 24.3 Å². The van der Waals surface area contributed by atoms with Gasteiger partial charge < -0.3 is 14.3 Å². The first-order chi connectivity index (χ1) is 17.7. The third-order valence-electron chi connectivity index (χ3n) is 9.30. The maximum atomic E-state index is 11.1. The fourth-order valence-electron chi connectivity index (χ4n) is 7.40. The van der Waals surface area contributed by atoms with E-state index < -0.39 is 22.5 Å². The number of aliphatic hydroxyl groups excluding tert-OH is 1. The maximum absolute atomic E-state index is 11.1. The SMILES string of the molecule is CC[C@H]1O[C@@H]([C@H](O)C/C=C/C#C[Si](C(C)C)(C(C)C)C(C)C)C/C=C\C[C@H]1O[Si](C(C)C)(C(C)C)C(C)C. The van der Waals surface area contributed by atoms with Crippen molar-refractivity contribution >= 4 is 16.4 Å². The second-order valence-electron chi connectivity index (χ2n) is 13.4. The first-order valence-corrected chi connectivity index (χ1v) is 19.9. The Bertz CT molecular complexity index is 757. The van der Waals surface area contributed by atoms with Crippen molar-refractivity contribution in [1.82, 2.24) is 0 Å². The van der Waals surface area contributed by atoms with Crippen LogP contribution in [0.3, 0.4) is 0 Å². The predicted molar refractivity (Wildman–Crippen MR) is 172 cm³/mol. The summed E-state index contributed by atoms with van der Waals surface area (Å²) in [6.45, 7) is 30.2. The van der Waals surface area contributed by atoms with Gasteiger partial charge in [0, 0.05) is 0 Å². The third kappa shape index (κ3) is 8.43. The molecule has 0 aromatic carbocycles. The minimum Gasteiger partial charge on any atom is -0.410 e. The lowest BCUT2D eigenvalue weighted by molar-refractivity contribution is -0.113. The minimum atomic E-state index is -2.03. The molecule has 1 rings (SSSR count). The van der Waals surface area contributed by atoms with E-state index in [1.165, 1.54) is 0 Å². The molecule has 4 atom stereocenters. The van der Waals surface area contributed by atoms with Crippen LogP contribution < -0.4 is 0 Å². The van der Waals surface area contributed by atoms with Crippen molar-refractivity contribution in [2.75, 3.05) is 0 Å². The average Bonchev–Trinajstić information content (AvgIpc) is 2.79. The van der Waals surface area contributed by atoms with Gasteiger partial charge in [0.1, 0.15) is 8.07 Å². The Morgan fingerprint density at radius 1 is 0.842 bits per heavy atom. The van der Waals surface area contributed by atoms with Crippen molar-refractivity contribution in [2.24, 2.45) is 0 Å². The molecule has 1 aliphatic rings. The molecule has 0 radical (unpaired) electrons. The second kappa shape index (κ2) is 16.0. The number of ether oxygens (including phenoxy) is 1. The van der Waals surface area contributed by atoms with E-state index in [9.17, 15) is 5.11 Å². The number of aliphatic hydroxyl groups is 1. The van der Waals surface area contributed by atoms with E-state index in [1.807, 2.05) is 12.2 Å². The lowest BCUT2D eigenvalue weighted by atomic mass is 10.0. The van der Waals surface area contributed by atoms with Gasteiger partial charge in [0.2, 0.25) is 8.32 Å². The van der Waals surface area contributed by atoms with E-state index in [-0.39, 0.29) is 18.3 Å². The summed E-state index contributed by atoms with van der Waals surface area (Å²) in [7, 11) is -3.77. The molecule has 220 valence electrons. The monoisotopic (exact) mass is 562 g/mol. The van der Waals surface area contributed by atoms with Crippen molar-refractivity contribution < 1.29 is 14.3 Å². The third-order valence-corrected chi connectivity index (χ3v) is 21.7. The topological polar surface area (TPSA) is 38.7 Å². The molecule has 0 unspecified atom stereocenters. The molecule has 1 heterocycles. The molecule has 1 N–H and O–H groups in total. The van der Waals surface area contributed by atoms with Crippen LogP contribution in [-0.4, -0.2) is 45.9 Å². The van der Waals surface area contributed by atoms with Crippen LogP contribution in [0, 0.1) is 11.5 Å². The lowest BCUT2D eigenvalue weighted by Crippen LogP contribution is -2.53. The number of hydrogen-bond donors (Lipinski definition) is 1. The second-order valence-corrected chi connectivity index (χ2v) is 24.4. The van der Waals surface area contributed by atoms with Gasteiger partial charge in [0.05, 0.1) is 24.4 Å². The van der Waals surface area contributed by atoms with E-state index in [0.717, 1.165) is 19.3 Å². The van der Waals surface area contributed by atoms with Crippen LogP contribution in [0.2, 0.25) is 33.2 Å². The Kier molecular flexibility index (Phi) is 14.9. The summed E-state index contributed by atoms with van der Waals surface area (Å²) in [6.07, 6.45) is 10.7. The highest BCUT2D eigenvalue weighted by Gasteiger charge is 2.48. The minimum absolute atomic E-state index is 0.0127. The first kappa shape index (κ1) is 35.4. The van der Waals surface area contributed by atoms with E-state index in [1.54, 1.807) is 0 Å². The van der Waals surface area contributed by atoms with E-state index in [0.29, 0.717) is 39.7 Å². The van der Waals surface area contributed by atoms with E-state index >= 15 is 0 Å². The molecule has 0 saturated heterocycles. The molecule has 1 aliphatic heterocycles. The summed E-state index contributed by atoms with van der Waals surface area (Å²) in [6, 6.07) is 0. The van der Waals surface area contributed by atoms with Crippen LogP contribution in [0.1, 0.15) is 116 Å². The standard InChI is InChI=1S/C33H62O3Si2/c1-14-31-33(36-38(27(8)9,28(10)11)29(12)13)22-18-17-21-32(35-31)30(34)20-16-15-19-23-37(24(2)3,25(4)5)26(6)7/h15-18,24-34H,14,20-22H2,1-13H3/b16-15+,18-17-/t30-,31-,32-,33-/m1/s1. The molecule has 38 heavy (non-hydrogen) atoms. The van der Waals surface area contributed by atoms with Crippen molar-refractivity contribution in [3.63, 3.8) is 0 Å². The van der Waals surface area contributed by atoms with Crippen LogP contribution in [0.5, 0.6) is 0 Å². The Balaban J connectivity index is 3.04. The summed E-state index contributed by atoms with van der Waals surface area (Å²) < 4.78 is 13.8. The van der Waals surface area contributed by atoms with Crippen LogP contribution >= 0.6 is 0 Å². The van der Waals surface area contributed by atoms with E-state index in [4.69, 9.17) is 9.16 Å². The van der Waals surface area contributed by atoms with Crippen molar-refractivity contribution in [2.45, 2.75) is 173 Å². The number of rotatable bonds is 12. The Morgan fingerprint density at radius 2 is 1.34 bits per heavy atom. The molecule has 0 aromatic heterocycles. The van der Waals surface area contributed by atoms with Gasteiger partial charge in [-0.1, -0.05) is 114 Å². The molecule has 5 heteroatoms. The first-order valence-electron chi connectivity index (χ1n) is 15.5. The molecule has 3 nitrogen and oxygen atoms in total. The molecule has 0 saturated carbocycles. The Labute approximate surface area is 239 Å². The fraction of sp³-hybridized carbons (Fsp3) is 0.818. The molecular weight excluding hydrogens is 501 g/mol. The van der Waals surface area contributed by atoms with Crippen LogP contribution in [-0.2, 0) is 9.16 Å². The average molecular weight is 563 g/mol. The quantitative estimate of drug-likeness (QED) is 0.146. The normalized spacial score (nSPS) is 23.4. The highest BCUT2D eigenvalue weighted by Crippen LogP contribution is 2.44. The van der Waals surface area contributed by atoms with Gasteiger partial charge in [-0.25, -0.2) is 0 Å². The van der Waals surface area contributed by atoms with Gasteiger partial charge in [-0.15, -0.1) is 5.54 Å². The molecule has 0 spiro atoms. The largest absolute Gasteiger partial charge is 0.410 e. The van der Waals surface area contributed by atoms with Crippen molar-refractivity contribution in [1.29, 1.82) is 0 Å². The highest BCUT2D eigenvalue weighted by molar-refractivity contribution is 6.90. The maximum Gasteiger partial charge on any atom is 0.200 e. The summed E-state index contributed by atoms with van der Waals surface area (Å²) in [5, 5.41) is 11.1. The van der Waals surface area contributed by atoms with Gasteiger partial charge in [0.15, 0.2) is 0 Å². The summed E-state index contributed by atoms with van der Waals surface area (Å²) in [5.41, 5.74) is 7.20. The molecule has 0 fully saturated rings. The van der Waals surface area contributed by atoms with Gasteiger partial charge in [0.25, 0.3) is 0 Å². The lowest BCUT2D eigenvalue weighted by Gasteiger charge is -2.46. The summed E-state index contributed by atoms with van der Waals surface area (Å²) in [5.74, 6) is 3.39. The smallest absolute Gasteiger partial charge is 0.200 e. The molecule has 0 bridgehead atoms. The molecule has 0 aromatic rings. The zero-order valence-electron chi connectivity index (χ0n) is 27.2.